The van der Waals surface area contributed by atoms with Crippen molar-refractivity contribution in [3.63, 3.8) is 0 Å². The highest BCUT2D eigenvalue weighted by atomic mass is 32.2. The molecule has 0 radical (unpaired) electrons. The van der Waals surface area contributed by atoms with Gasteiger partial charge in [0.1, 0.15) is 6.04 Å². The maximum absolute atomic E-state index is 13.0. The number of carbonyl (C=O) groups excluding carboxylic acids is 1. The van der Waals surface area contributed by atoms with Crippen molar-refractivity contribution < 1.29 is 22.7 Å². The second kappa shape index (κ2) is 9.84. The monoisotopic (exact) mass is 434 g/mol. The zero-order chi connectivity index (χ0) is 22.5. The molecule has 2 rings (SSSR count). The Bertz CT molecular complexity index is 974. The standard InChI is InChI=1S/C22H30N2O5S/c1-7-19(17-10-13-20(28-4)21(14-17)29-5)23-22(25)16(3)24(30(6,26)27)18-11-8-15(2)9-12-18/h8-14,16,19H,7H2,1-6H3,(H,23,25)/t16-,19-/m1/s1. The number of sulfonamides is 1. The van der Waals surface area contributed by atoms with Crippen LogP contribution in [0.3, 0.4) is 0 Å². The smallest absolute Gasteiger partial charge is 0.244 e. The van der Waals surface area contributed by atoms with Gasteiger partial charge in [-0.3, -0.25) is 9.10 Å². The predicted molar refractivity (Wildman–Crippen MR) is 119 cm³/mol. The van der Waals surface area contributed by atoms with Gasteiger partial charge in [0.2, 0.25) is 15.9 Å². The Morgan fingerprint density at radius 3 is 2.17 bits per heavy atom. The number of anilines is 1. The molecule has 0 spiro atoms. The number of aryl methyl sites for hydroxylation is 1. The van der Waals surface area contributed by atoms with Gasteiger partial charge < -0.3 is 14.8 Å². The number of hydrogen-bond acceptors (Lipinski definition) is 5. The van der Waals surface area contributed by atoms with E-state index < -0.39 is 16.1 Å². The van der Waals surface area contributed by atoms with Crippen LogP contribution < -0.4 is 19.1 Å². The second-order valence-corrected chi connectivity index (χ2v) is 9.01. The van der Waals surface area contributed by atoms with Crippen molar-refractivity contribution in [1.29, 1.82) is 0 Å². The normalized spacial score (nSPS) is 13.3. The Morgan fingerprint density at radius 2 is 1.67 bits per heavy atom. The summed E-state index contributed by atoms with van der Waals surface area (Å²) in [4.78, 5) is 13.0. The Morgan fingerprint density at radius 1 is 1.07 bits per heavy atom. The van der Waals surface area contributed by atoms with E-state index in [0.29, 0.717) is 23.6 Å². The van der Waals surface area contributed by atoms with Gasteiger partial charge in [-0.25, -0.2) is 8.42 Å². The van der Waals surface area contributed by atoms with Crippen molar-refractivity contribution in [3.05, 3.63) is 53.6 Å². The SMILES string of the molecule is CC[C@@H](NC(=O)[C@@H](C)N(c1ccc(C)cc1)S(C)(=O)=O)c1ccc(OC)c(OC)c1. The van der Waals surface area contributed by atoms with E-state index in [1.807, 2.05) is 38.1 Å². The maximum Gasteiger partial charge on any atom is 0.244 e. The molecule has 0 aliphatic heterocycles. The summed E-state index contributed by atoms with van der Waals surface area (Å²) in [6, 6.07) is 11.3. The number of hydrogen-bond donors (Lipinski definition) is 1. The van der Waals surface area contributed by atoms with Gasteiger partial charge in [0.25, 0.3) is 0 Å². The minimum Gasteiger partial charge on any atom is -0.493 e. The summed E-state index contributed by atoms with van der Waals surface area (Å²) in [5.74, 6) is 0.772. The molecule has 30 heavy (non-hydrogen) atoms. The van der Waals surface area contributed by atoms with Gasteiger partial charge in [0.15, 0.2) is 11.5 Å². The van der Waals surface area contributed by atoms with Crippen LogP contribution in [-0.2, 0) is 14.8 Å². The molecule has 0 unspecified atom stereocenters. The zero-order valence-corrected chi connectivity index (χ0v) is 19.1. The van der Waals surface area contributed by atoms with Crippen molar-refractivity contribution in [2.24, 2.45) is 0 Å². The summed E-state index contributed by atoms with van der Waals surface area (Å²) in [5.41, 5.74) is 2.30. The Labute approximate surface area is 179 Å². The first-order valence-electron chi connectivity index (χ1n) is 9.70. The Balaban J connectivity index is 2.29. The van der Waals surface area contributed by atoms with E-state index in [1.54, 1.807) is 39.3 Å². The fourth-order valence-electron chi connectivity index (χ4n) is 3.28. The van der Waals surface area contributed by atoms with Crippen LogP contribution in [0, 0.1) is 6.92 Å². The van der Waals surface area contributed by atoms with Crippen LogP contribution in [0.25, 0.3) is 0 Å². The van der Waals surface area contributed by atoms with Crippen LogP contribution in [0.15, 0.2) is 42.5 Å². The number of benzene rings is 2. The molecule has 2 atom stereocenters. The van der Waals surface area contributed by atoms with Crippen molar-refractivity contribution >= 4 is 21.6 Å². The van der Waals surface area contributed by atoms with E-state index >= 15 is 0 Å². The van der Waals surface area contributed by atoms with Crippen molar-refractivity contribution in [2.75, 3.05) is 24.8 Å². The molecule has 164 valence electrons. The average molecular weight is 435 g/mol. The van der Waals surface area contributed by atoms with E-state index in [1.165, 1.54) is 0 Å². The third-order valence-electron chi connectivity index (χ3n) is 4.91. The van der Waals surface area contributed by atoms with Crippen molar-refractivity contribution in [1.82, 2.24) is 5.32 Å². The van der Waals surface area contributed by atoms with E-state index in [9.17, 15) is 13.2 Å². The van der Waals surface area contributed by atoms with E-state index in [-0.39, 0.29) is 11.9 Å². The highest BCUT2D eigenvalue weighted by molar-refractivity contribution is 7.92. The van der Waals surface area contributed by atoms with Gasteiger partial charge in [-0.15, -0.1) is 0 Å². The van der Waals surface area contributed by atoms with Crippen molar-refractivity contribution in [3.8, 4) is 11.5 Å². The fraction of sp³-hybridized carbons (Fsp3) is 0.409. The molecule has 0 aliphatic rings. The van der Waals surface area contributed by atoms with Crippen LogP contribution in [0.4, 0.5) is 5.69 Å². The second-order valence-electron chi connectivity index (χ2n) is 7.15. The molecule has 0 saturated heterocycles. The van der Waals surface area contributed by atoms with Crippen LogP contribution in [0.5, 0.6) is 11.5 Å². The van der Waals surface area contributed by atoms with Gasteiger partial charge in [0, 0.05) is 0 Å². The summed E-state index contributed by atoms with van der Waals surface area (Å²) in [6.07, 6.45) is 1.72. The van der Waals surface area contributed by atoms with Gasteiger partial charge in [0.05, 0.1) is 32.2 Å². The number of ether oxygens (including phenoxy) is 2. The number of carbonyl (C=O) groups is 1. The third kappa shape index (κ3) is 5.44. The van der Waals surface area contributed by atoms with Crippen LogP contribution in [0.2, 0.25) is 0 Å². The van der Waals surface area contributed by atoms with Crippen LogP contribution in [0.1, 0.15) is 37.4 Å². The summed E-state index contributed by atoms with van der Waals surface area (Å²) in [5, 5.41) is 2.96. The maximum atomic E-state index is 13.0. The number of nitrogens with one attached hydrogen (secondary N) is 1. The minimum atomic E-state index is -3.67. The summed E-state index contributed by atoms with van der Waals surface area (Å²) < 4.78 is 36.7. The largest absolute Gasteiger partial charge is 0.493 e. The molecule has 1 N–H and O–H groups in total. The topological polar surface area (TPSA) is 84.9 Å². The highest BCUT2D eigenvalue weighted by Gasteiger charge is 2.30. The van der Waals surface area contributed by atoms with Crippen LogP contribution in [-0.4, -0.2) is 40.8 Å². The molecule has 0 bridgehead atoms. The van der Waals surface area contributed by atoms with E-state index in [0.717, 1.165) is 21.7 Å². The van der Waals surface area contributed by atoms with Crippen molar-refractivity contribution in [2.45, 2.75) is 39.3 Å². The molecule has 0 aromatic heterocycles. The Hall–Kier alpha value is -2.74. The highest BCUT2D eigenvalue weighted by Crippen LogP contribution is 2.31. The lowest BCUT2D eigenvalue weighted by Crippen LogP contribution is -2.48. The van der Waals surface area contributed by atoms with Crippen LogP contribution >= 0.6 is 0 Å². The first-order valence-corrected chi connectivity index (χ1v) is 11.6. The Kier molecular flexibility index (Phi) is 7.72. The molecule has 2 aromatic carbocycles. The van der Waals surface area contributed by atoms with Gasteiger partial charge >= 0.3 is 0 Å². The number of nitrogens with zero attached hydrogens (tertiary/aromatic N) is 1. The lowest BCUT2D eigenvalue weighted by Gasteiger charge is -2.30. The van der Waals surface area contributed by atoms with Gasteiger partial charge in [-0.05, 0) is 50.1 Å². The number of amides is 1. The number of rotatable bonds is 9. The molecule has 0 saturated carbocycles. The summed E-state index contributed by atoms with van der Waals surface area (Å²) in [7, 11) is -0.557. The first-order chi connectivity index (χ1) is 14.1. The molecule has 1 amide bonds. The van der Waals surface area contributed by atoms with E-state index in [4.69, 9.17) is 9.47 Å². The molecule has 2 aromatic rings. The molecule has 8 heteroatoms. The lowest BCUT2D eigenvalue weighted by atomic mass is 10.0. The first kappa shape index (κ1) is 23.5. The zero-order valence-electron chi connectivity index (χ0n) is 18.3. The molecule has 0 heterocycles. The van der Waals surface area contributed by atoms with Gasteiger partial charge in [-0.2, -0.15) is 0 Å². The van der Waals surface area contributed by atoms with Gasteiger partial charge in [-0.1, -0.05) is 30.7 Å². The quantitative estimate of drug-likeness (QED) is 0.654. The molecular weight excluding hydrogens is 404 g/mol. The molecule has 0 fully saturated rings. The summed E-state index contributed by atoms with van der Waals surface area (Å²) >= 11 is 0. The fourth-order valence-corrected chi connectivity index (χ4v) is 4.46. The summed E-state index contributed by atoms with van der Waals surface area (Å²) in [6.45, 7) is 5.44. The molecular formula is C22H30N2O5S. The third-order valence-corrected chi connectivity index (χ3v) is 6.15. The minimum absolute atomic E-state index is 0.306. The molecule has 7 nitrogen and oxygen atoms in total. The lowest BCUT2D eigenvalue weighted by molar-refractivity contribution is -0.122. The van der Waals surface area contributed by atoms with E-state index in [2.05, 4.69) is 5.32 Å². The predicted octanol–water partition coefficient (Wildman–Crippen LogP) is 3.43. The average Bonchev–Trinajstić information content (AvgIpc) is 2.71. The number of methoxy groups -OCH3 is 2. The molecule has 0 aliphatic carbocycles.